The van der Waals surface area contributed by atoms with Gasteiger partial charge in [0.05, 0.1) is 25.2 Å². The average Bonchev–Trinajstić information content (AvgIpc) is 2.35. The first kappa shape index (κ1) is 16.4. The van der Waals surface area contributed by atoms with Crippen molar-refractivity contribution in [3.8, 4) is 11.8 Å². The molecule has 0 N–H and O–H groups in total. The smallest absolute Gasteiger partial charge is 0.481 e. The lowest BCUT2D eigenvalue weighted by atomic mass is 10.1. The third-order valence-electron chi connectivity index (χ3n) is 2.11. The number of nitrogens with zero attached hydrogens (tertiary/aromatic N) is 1. The summed E-state index contributed by atoms with van der Waals surface area (Å²) in [5.74, 6) is -2.08. The van der Waals surface area contributed by atoms with E-state index in [9.17, 15) is 18.0 Å². The van der Waals surface area contributed by atoms with E-state index in [4.69, 9.17) is 21.1 Å². The Balaban J connectivity index is 3.30. The third-order valence-corrected chi connectivity index (χ3v) is 2.37. The zero-order valence-electron chi connectivity index (χ0n) is 10.6. The van der Waals surface area contributed by atoms with Gasteiger partial charge >= 0.3 is 12.3 Å². The van der Waals surface area contributed by atoms with Crippen molar-refractivity contribution in [3.05, 3.63) is 17.2 Å². The van der Waals surface area contributed by atoms with Crippen molar-refractivity contribution in [2.75, 3.05) is 13.7 Å². The lowest BCUT2D eigenvalue weighted by Crippen LogP contribution is -2.19. The van der Waals surface area contributed by atoms with E-state index in [1.807, 2.05) is 0 Å². The average molecular weight is 314 g/mol. The zero-order chi connectivity index (χ0) is 15.3. The Bertz CT molecular complexity index is 493. The van der Waals surface area contributed by atoms with Gasteiger partial charge in [0.25, 0.3) is 0 Å². The monoisotopic (exact) mass is 313 g/mol. The number of esters is 1. The first-order chi connectivity index (χ1) is 9.32. The van der Waals surface area contributed by atoms with Crippen LogP contribution in [0.25, 0.3) is 0 Å². The Morgan fingerprint density at radius 2 is 2.10 bits per heavy atom. The molecule has 0 aliphatic rings. The minimum absolute atomic E-state index is 0.0562. The zero-order valence-corrected chi connectivity index (χ0v) is 11.3. The van der Waals surface area contributed by atoms with Crippen molar-refractivity contribution in [3.63, 3.8) is 0 Å². The third kappa shape index (κ3) is 4.16. The highest BCUT2D eigenvalue weighted by molar-refractivity contribution is 6.18. The van der Waals surface area contributed by atoms with E-state index in [1.165, 1.54) is 7.11 Å². The van der Waals surface area contributed by atoms with Gasteiger partial charge in [-0.25, -0.2) is 4.79 Å². The summed E-state index contributed by atoms with van der Waals surface area (Å²) in [6, 6.07) is 0.811. The number of rotatable bonds is 5. The number of alkyl halides is 4. The van der Waals surface area contributed by atoms with E-state index in [0.717, 1.165) is 6.07 Å². The summed E-state index contributed by atoms with van der Waals surface area (Å²) < 4.78 is 49.8. The predicted molar refractivity (Wildman–Crippen MR) is 63.0 cm³/mol. The second-order valence-electron chi connectivity index (χ2n) is 3.40. The molecule has 1 aromatic heterocycles. The summed E-state index contributed by atoms with van der Waals surface area (Å²) in [6.45, 7) is 1.62. The van der Waals surface area contributed by atoms with Gasteiger partial charge in [0.1, 0.15) is 0 Å². The van der Waals surface area contributed by atoms with Crippen LogP contribution in [0.3, 0.4) is 0 Å². The quantitative estimate of drug-likeness (QED) is 0.618. The maximum atomic E-state index is 12.2. The Morgan fingerprint density at radius 3 is 2.55 bits per heavy atom. The Labute approximate surface area is 117 Å². The molecule has 1 aromatic rings. The fraction of sp³-hybridized carbons (Fsp3) is 0.455. The van der Waals surface area contributed by atoms with Crippen molar-refractivity contribution in [2.45, 2.75) is 19.2 Å². The van der Waals surface area contributed by atoms with Crippen LogP contribution < -0.4 is 9.47 Å². The highest BCUT2D eigenvalue weighted by Crippen LogP contribution is 2.30. The van der Waals surface area contributed by atoms with Crippen LogP contribution in [0.1, 0.15) is 22.8 Å². The van der Waals surface area contributed by atoms with Crippen LogP contribution in [0.4, 0.5) is 13.2 Å². The molecule has 1 heterocycles. The summed E-state index contributed by atoms with van der Waals surface area (Å²) >= 11 is 5.65. The van der Waals surface area contributed by atoms with Crippen molar-refractivity contribution < 1.29 is 32.2 Å². The molecule has 0 fully saturated rings. The number of ether oxygens (including phenoxy) is 3. The predicted octanol–water partition coefficient (Wildman–Crippen LogP) is 2.90. The standard InChI is InChI=1S/C11H11ClF3NO4/c1-3-19-10(17)6-4-8(20-11(13,14)15)16-9(18-2)7(6)5-12/h4H,3,5H2,1-2H3. The van der Waals surface area contributed by atoms with Gasteiger partial charge in [-0.3, -0.25) is 0 Å². The van der Waals surface area contributed by atoms with Gasteiger partial charge in [-0.05, 0) is 6.92 Å². The number of methoxy groups -OCH3 is 1. The Kier molecular flexibility index (Phi) is 5.43. The molecule has 0 atom stereocenters. The van der Waals surface area contributed by atoms with Crippen LogP contribution in [0, 0.1) is 0 Å². The molecule has 0 aliphatic heterocycles. The molecule has 20 heavy (non-hydrogen) atoms. The molecule has 0 spiro atoms. The molecule has 0 aromatic carbocycles. The molecule has 5 nitrogen and oxygen atoms in total. The molecule has 0 radical (unpaired) electrons. The Hall–Kier alpha value is -1.70. The number of pyridine rings is 1. The molecule has 0 saturated heterocycles. The number of hydrogen-bond acceptors (Lipinski definition) is 5. The molecular weight excluding hydrogens is 303 g/mol. The molecule has 0 aliphatic carbocycles. The fourth-order valence-electron chi connectivity index (χ4n) is 1.39. The maximum absolute atomic E-state index is 12.2. The molecule has 112 valence electrons. The first-order valence-corrected chi connectivity index (χ1v) is 5.92. The number of carbonyl (C=O) groups is 1. The SMILES string of the molecule is CCOC(=O)c1cc(OC(F)(F)F)nc(OC)c1CCl. The van der Waals surface area contributed by atoms with Crippen LogP contribution in [-0.2, 0) is 10.6 Å². The fourth-order valence-corrected chi connectivity index (χ4v) is 1.64. The summed E-state index contributed by atoms with van der Waals surface area (Å²) in [7, 11) is 1.19. The minimum Gasteiger partial charge on any atom is -0.481 e. The summed E-state index contributed by atoms with van der Waals surface area (Å²) in [6.07, 6.45) is -4.94. The van der Waals surface area contributed by atoms with E-state index in [0.29, 0.717) is 0 Å². The minimum atomic E-state index is -4.94. The second kappa shape index (κ2) is 6.65. The van der Waals surface area contributed by atoms with Gasteiger partial charge in [0.15, 0.2) is 0 Å². The summed E-state index contributed by atoms with van der Waals surface area (Å²) in [4.78, 5) is 15.2. The van der Waals surface area contributed by atoms with Crippen LogP contribution in [0.2, 0.25) is 0 Å². The highest BCUT2D eigenvalue weighted by atomic mass is 35.5. The normalized spacial score (nSPS) is 11.1. The number of carbonyl (C=O) groups excluding carboxylic acids is 1. The van der Waals surface area contributed by atoms with Gasteiger partial charge in [-0.15, -0.1) is 24.8 Å². The summed E-state index contributed by atoms with van der Waals surface area (Å²) in [5.41, 5.74) is -0.0601. The molecular formula is C11H11ClF3NO4. The van der Waals surface area contributed by atoms with Crippen molar-refractivity contribution in [1.29, 1.82) is 0 Å². The molecule has 1 rings (SSSR count). The molecule has 0 unspecified atom stereocenters. The van der Waals surface area contributed by atoms with E-state index in [1.54, 1.807) is 6.92 Å². The summed E-state index contributed by atoms with van der Waals surface area (Å²) in [5, 5.41) is 0. The number of hydrogen-bond donors (Lipinski definition) is 0. The van der Waals surface area contributed by atoms with Crippen LogP contribution in [0.5, 0.6) is 11.8 Å². The highest BCUT2D eigenvalue weighted by Gasteiger charge is 2.33. The van der Waals surface area contributed by atoms with E-state index < -0.39 is 18.2 Å². The lowest BCUT2D eigenvalue weighted by molar-refractivity contribution is -0.276. The maximum Gasteiger partial charge on any atom is 0.574 e. The molecule has 9 heteroatoms. The first-order valence-electron chi connectivity index (χ1n) is 5.39. The molecule has 0 amide bonds. The van der Waals surface area contributed by atoms with Crippen molar-refractivity contribution >= 4 is 17.6 Å². The van der Waals surface area contributed by atoms with Gasteiger partial charge in [-0.1, -0.05) is 0 Å². The second-order valence-corrected chi connectivity index (χ2v) is 3.67. The van der Waals surface area contributed by atoms with Crippen LogP contribution >= 0.6 is 11.6 Å². The van der Waals surface area contributed by atoms with Gasteiger partial charge in [-0.2, -0.15) is 4.98 Å². The number of aromatic nitrogens is 1. The number of halogens is 4. The van der Waals surface area contributed by atoms with Crippen LogP contribution in [0.15, 0.2) is 6.07 Å². The van der Waals surface area contributed by atoms with Crippen LogP contribution in [-0.4, -0.2) is 31.0 Å². The Morgan fingerprint density at radius 1 is 1.45 bits per heavy atom. The molecule has 0 bridgehead atoms. The lowest BCUT2D eigenvalue weighted by Gasteiger charge is -2.14. The van der Waals surface area contributed by atoms with E-state index in [-0.39, 0.29) is 29.5 Å². The van der Waals surface area contributed by atoms with E-state index >= 15 is 0 Å². The topological polar surface area (TPSA) is 57.7 Å². The van der Waals surface area contributed by atoms with E-state index in [2.05, 4.69) is 9.72 Å². The van der Waals surface area contributed by atoms with Gasteiger partial charge in [0, 0.05) is 11.6 Å². The van der Waals surface area contributed by atoms with Crippen molar-refractivity contribution in [2.24, 2.45) is 0 Å². The molecule has 0 saturated carbocycles. The van der Waals surface area contributed by atoms with Gasteiger partial charge < -0.3 is 14.2 Å². The largest absolute Gasteiger partial charge is 0.574 e. The van der Waals surface area contributed by atoms with Crippen molar-refractivity contribution in [1.82, 2.24) is 4.98 Å². The van der Waals surface area contributed by atoms with Gasteiger partial charge in [0.2, 0.25) is 11.8 Å².